The normalized spacial score (nSPS) is 24.1. The van der Waals surface area contributed by atoms with Gasteiger partial charge in [-0.25, -0.2) is 0 Å². The molecule has 0 aliphatic heterocycles. The molecule has 2 N–H and O–H groups in total. The number of aryl methyl sites for hydroxylation is 1. The average molecular weight is 423 g/mol. The van der Waals surface area contributed by atoms with Crippen LogP contribution in [-0.4, -0.2) is 37.6 Å². The van der Waals surface area contributed by atoms with Crippen molar-refractivity contribution in [1.82, 2.24) is 10.6 Å². The van der Waals surface area contributed by atoms with Gasteiger partial charge in [-0.15, -0.1) is 0 Å². The maximum atomic E-state index is 12.9. The van der Waals surface area contributed by atoms with Gasteiger partial charge >= 0.3 is 0 Å². The lowest BCUT2D eigenvalue weighted by Gasteiger charge is -2.45. The van der Waals surface area contributed by atoms with Crippen LogP contribution in [0.15, 0.2) is 18.2 Å². The fraction of sp³-hybridized carbons (Fsp3) is 0.696. The van der Waals surface area contributed by atoms with Gasteiger partial charge in [-0.2, -0.15) is 11.8 Å². The molecule has 0 atom stereocenters. The van der Waals surface area contributed by atoms with Crippen LogP contribution in [0.5, 0.6) is 0 Å². The van der Waals surface area contributed by atoms with E-state index in [0.717, 1.165) is 44.1 Å². The zero-order chi connectivity index (χ0) is 19.8. The Balaban J connectivity index is 1.51. The highest BCUT2D eigenvalue weighted by Crippen LogP contribution is 2.48. The number of hydrogen-bond acceptors (Lipinski definition) is 3. The van der Waals surface area contributed by atoms with Crippen molar-refractivity contribution in [3.8, 4) is 0 Å². The maximum Gasteiger partial charge on any atom is 0.252 e. The van der Waals surface area contributed by atoms with Crippen molar-refractivity contribution in [2.45, 2.75) is 57.8 Å². The number of fused-ring (bicyclic) bond motifs is 2. The Kier molecular flexibility index (Phi) is 8.55. The van der Waals surface area contributed by atoms with E-state index in [1.165, 1.54) is 50.5 Å². The molecule has 1 aromatic carbocycles. The molecule has 1 aromatic rings. The summed E-state index contributed by atoms with van der Waals surface area (Å²) in [4.78, 5) is 12.9. The molecule has 0 aromatic heterocycles. The van der Waals surface area contributed by atoms with Crippen molar-refractivity contribution in [3.63, 3.8) is 0 Å². The first kappa shape index (κ1) is 22.0. The highest BCUT2D eigenvalue weighted by molar-refractivity contribution is 7.98. The smallest absolute Gasteiger partial charge is 0.252 e. The van der Waals surface area contributed by atoms with E-state index < -0.39 is 0 Å². The van der Waals surface area contributed by atoms with Crippen LogP contribution in [0, 0.1) is 11.3 Å². The van der Waals surface area contributed by atoms with Crippen molar-refractivity contribution in [1.29, 1.82) is 0 Å². The quantitative estimate of drug-likeness (QED) is 0.501. The van der Waals surface area contributed by atoms with Gasteiger partial charge in [-0.1, -0.05) is 43.4 Å². The highest BCUT2D eigenvalue weighted by Gasteiger charge is 2.39. The van der Waals surface area contributed by atoms with Gasteiger partial charge in [0.05, 0.1) is 10.6 Å². The number of carbonyl (C=O) groups is 1. The second-order valence-corrected chi connectivity index (χ2v) is 10.1. The van der Waals surface area contributed by atoms with Crippen LogP contribution in [-0.2, 0) is 6.42 Å². The number of carbonyl (C=O) groups excluding carboxylic acids is 1. The molecule has 156 valence electrons. The predicted octanol–water partition coefficient (Wildman–Crippen LogP) is 5.32. The first-order valence-corrected chi connectivity index (χ1v) is 12.7. The lowest BCUT2D eigenvalue weighted by Crippen LogP contribution is -2.43. The van der Waals surface area contributed by atoms with Gasteiger partial charge in [-0.05, 0) is 73.9 Å². The summed E-state index contributed by atoms with van der Waals surface area (Å²) in [5, 5.41) is 7.25. The van der Waals surface area contributed by atoms with Crippen molar-refractivity contribution < 1.29 is 4.79 Å². The number of thioether (sulfide) groups is 1. The number of benzene rings is 1. The summed E-state index contributed by atoms with van der Waals surface area (Å²) in [5.74, 6) is 2.02. The lowest BCUT2D eigenvalue weighted by molar-refractivity contribution is 0.0682. The lowest BCUT2D eigenvalue weighted by atomic mass is 9.62. The van der Waals surface area contributed by atoms with Crippen LogP contribution in [0.1, 0.15) is 67.3 Å². The molecule has 0 unspecified atom stereocenters. The summed E-state index contributed by atoms with van der Waals surface area (Å²) in [5.41, 5.74) is 2.16. The van der Waals surface area contributed by atoms with E-state index in [4.69, 9.17) is 11.6 Å². The van der Waals surface area contributed by atoms with Gasteiger partial charge in [0.2, 0.25) is 0 Å². The zero-order valence-electron chi connectivity index (χ0n) is 17.2. The summed E-state index contributed by atoms with van der Waals surface area (Å²) in [7, 11) is 0. The Bertz CT molecular complexity index is 641. The molecule has 28 heavy (non-hydrogen) atoms. The maximum absolute atomic E-state index is 12.9. The minimum atomic E-state index is -0.00739. The minimum absolute atomic E-state index is 0.00739. The van der Waals surface area contributed by atoms with Gasteiger partial charge < -0.3 is 10.6 Å². The molecule has 2 saturated carbocycles. The second kappa shape index (κ2) is 10.9. The van der Waals surface area contributed by atoms with Crippen molar-refractivity contribution in [2.24, 2.45) is 11.3 Å². The third kappa shape index (κ3) is 6.14. The molecule has 3 nitrogen and oxygen atoms in total. The average Bonchev–Trinajstić information content (AvgIpc) is 2.70. The van der Waals surface area contributed by atoms with E-state index in [9.17, 15) is 4.79 Å². The number of nitrogens with one attached hydrogen (secondary N) is 2. The Morgan fingerprint density at radius 3 is 2.79 bits per heavy atom. The predicted molar refractivity (Wildman–Crippen MR) is 122 cm³/mol. The van der Waals surface area contributed by atoms with Crippen LogP contribution in [0.3, 0.4) is 0 Å². The van der Waals surface area contributed by atoms with Crippen molar-refractivity contribution in [3.05, 3.63) is 34.3 Å². The summed E-state index contributed by atoms with van der Waals surface area (Å²) < 4.78 is 0. The van der Waals surface area contributed by atoms with Crippen molar-refractivity contribution >= 4 is 29.3 Å². The number of hydrogen-bond donors (Lipinski definition) is 2. The van der Waals surface area contributed by atoms with Crippen LogP contribution in [0.2, 0.25) is 5.02 Å². The molecule has 1 amide bonds. The Hall–Kier alpha value is -0.710. The zero-order valence-corrected chi connectivity index (χ0v) is 18.8. The first-order valence-electron chi connectivity index (χ1n) is 10.9. The second-order valence-electron chi connectivity index (χ2n) is 8.70. The standard InChI is InChI=1S/C23H35ClN2OS/c1-28-14-13-25-12-4-7-18-8-9-21(24)20(15-18)22(27)26-17-23-10-2-5-19(16-23)6-3-11-23/h8-9,15,19,25H,2-7,10-14,16-17H2,1H3,(H,26,27). The molecule has 2 bridgehead atoms. The SMILES string of the molecule is CSCCNCCCc1ccc(Cl)c(C(=O)NCC23CCCC(CCC2)C3)c1. The number of halogens is 1. The van der Waals surface area contributed by atoms with E-state index in [1.54, 1.807) is 0 Å². The van der Waals surface area contributed by atoms with E-state index in [2.05, 4.69) is 16.9 Å². The summed E-state index contributed by atoms with van der Waals surface area (Å²) in [6.45, 7) is 2.87. The minimum Gasteiger partial charge on any atom is -0.351 e. The largest absolute Gasteiger partial charge is 0.351 e. The molecule has 2 aliphatic carbocycles. The van der Waals surface area contributed by atoms with E-state index in [1.807, 2.05) is 30.0 Å². The highest BCUT2D eigenvalue weighted by atomic mass is 35.5. The Labute approximate surface area is 179 Å². The first-order chi connectivity index (χ1) is 13.6. The molecule has 5 heteroatoms. The van der Waals surface area contributed by atoms with Crippen LogP contribution in [0.25, 0.3) is 0 Å². The van der Waals surface area contributed by atoms with E-state index in [0.29, 0.717) is 16.0 Å². The van der Waals surface area contributed by atoms with E-state index in [-0.39, 0.29) is 5.91 Å². The van der Waals surface area contributed by atoms with Crippen LogP contribution < -0.4 is 10.6 Å². The van der Waals surface area contributed by atoms with Crippen LogP contribution >= 0.6 is 23.4 Å². The monoisotopic (exact) mass is 422 g/mol. The number of amides is 1. The topological polar surface area (TPSA) is 41.1 Å². The summed E-state index contributed by atoms with van der Waals surface area (Å²) >= 11 is 8.22. The fourth-order valence-corrected chi connectivity index (χ4v) is 5.60. The molecular formula is C23H35ClN2OS. The third-order valence-electron chi connectivity index (χ3n) is 6.56. The molecule has 0 spiro atoms. The molecule has 0 radical (unpaired) electrons. The third-order valence-corrected chi connectivity index (χ3v) is 7.50. The molecule has 0 saturated heterocycles. The Morgan fingerprint density at radius 1 is 1.25 bits per heavy atom. The van der Waals surface area contributed by atoms with Gasteiger partial charge in [-0.3, -0.25) is 4.79 Å². The number of rotatable bonds is 10. The van der Waals surface area contributed by atoms with Crippen molar-refractivity contribution in [2.75, 3.05) is 31.6 Å². The molecule has 0 heterocycles. The molecular weight excluding hydrogens is 388 g/mol. The van der Waals surface area contributed by atoms with Gasteiger partial charge in [0.25, 0.3) is 5.91 Å². The Morgan fingerprint density at radius 2 is 2.04 bits per heavy atom. The van der Waals surface area contributed by atoms with E-state index >= 15 is 0 Å². The summed E-state index contributed by atoms with van der Waals surface area (Å²) in [6, 6.07) is 5.91. The summed E-state index contributed by atoms with van der Waals surface area (Å²) in [6.07, 6.45) is 13.4. The van der Waals surface area contributed by atoms with Gasteiger partial charge in [0, 0.05) is 18.8 Å². The molecule has 2 aliphatic rings. The van der Waals surface area contributed by atoms with Gasteiger partial charge in [0.1, 0.15) is 0 Å². The van der Waals surface area contributed by atoms with Crippen LogP contribution in [0.4, 0.5) is 0 Å². The fourth-order valence-electron chi connectivity index (χ4n) is 5.05. The van der Waals surface area contributed by atoms with Gasteiger partial charge in [0.15, 0.2) is 0 Å². The molecule has 2 fully saturated rings. The molecule has 3 rings (SSSR count).